The first-order valence-electron chi connectivity index (χ1n) is 7.81. The van der Waals surface area contributed by atoms with E-state index in [0.717, 1.165) is 0 Å². The maximum atomic E-state index is 11.9. The lowest BCUT2D eigenvalue weighted by Crippen LogP contribution is -2.41. The van der Waals surface area contributed by atoms with Crippen molar-refractivity contribution in [2.24, 2.45) is 5.10 Å². The zero-order valence-corrected chi connectivity index (χ0v) is 14.4. The van der Waals surface area contributed by atoms with Crippen LogP contribution in [0.3, 0.4) is 0 Å². The highest BCUT2D eigenvalue weighted by Crippen LogP contribution is 2.16. The molecule has 2 unspecified atom stereocenters. The summed E-state index contributed by atoms with van der Waals surface area (Å²) in [5, 5.41) is 5.77. The van der Waals surface area contributed by atoms with Crippen LogP contribution >= 0.6 is 11.3 Å². The fraction of sp³-hybridized carbons (Fsp3) is 0.235. The molecule has 130 valence electrons. The summed E-state index contributed by atoms with van der Waals surface area (Å²) < 4.78 is 5.32. The molecule has 2 atom stereocenters. The Morgan fingerprint density at radius 2 is 2.20 bits per heavy atom. The molecule has 0 bridgehead atoms. The molecule has 2 heterocycles. The first-order valence-corrected chi connectivity index (χ1v) is 8.69. The molecule has 1 aliphatic heterocycles. The molecule has 3 rings (SSSR count). The third kappa shape index (κ3) is 4.72. The number of amides is 1. The van der Waals surface area contributed by atoms with Gasteiger partial charge in [0, 0.05) is 6.04 Å². The van der Waals surface area contributed by atoms with Gasteiger partial charge in [-0.1, -0.05) is 18.2 Å². The number of carbonyl (C=O) groups is 2. The summed E-state index contributed by atoms with van der Waals surface area (Å²) >= 11 is 1.32. The average molecular weight is 358 g/mol. The number of carbonyl (C=O) groups excluding carboxylic acids is 2. The van der Waals surface area contributed by atoms with Crippen LogP contribution in [0.4, 0.5) is 0 Å². The van der Waals surface area contributed by atoms with Crippen LogP contribution in [0.25, 0.3) is 0 Å². The smallest absolute Gasteiger partial charge is 0.353 e. The van der Waals surface area contributed by atoms with Crippen LogP contribution in [0.1, 0.15) is 28.6 Å². The van der Waals surface area contributed by atoms with Crippen LogP contribution in [0.2, 0.25) is 0 Å². The van der Waals surface area contributed by atoms with Gasteiger partial charge in [0.15, 0.2) is 0 Å². The number of ether oxygens (including phenoxy) is 1. The van der Waals surface area contributed by atoms with Crippen molar-refractivity contribution in [3.8, 4) is 5.75 Å². The number of hydrazone groups is 1. The normalized spacial score (nSPS) is 19.9. The third-order valence-electron chi connectivity index (χ3n) is 3.59. The van der Waals surface area contributed by atoms with Gasteiger partial charge in [0.25, 0.3) is 5.91 Å². The molecular formula is C17H18N4O3S. The molecule has 1 aromatic carbocycles. The van der Waals surface area contributed by atoms with Crippen molar-refractivity contribution in [1.82, 2.24) is 16.3 Å². The number of hydrazine groups is 1. The molecule has 0 saturated carbocycles. The van der Waals surface area contributed by atoms with Gasteiger partial charge < -0.3 is 4.74 Å². The van der Waals surface area contributed by atoms with Crippen LogP contribution < -0.4 is 21.0 Å². The number of rotatable bonds is 5. The molecule has 1 aromatic heterocycles. The van der Waals surface area contributed by atoms with E-state index in [1.807, 2.05) is 12.3 Å². The predicted molar refractivity (Wildman–Crippen MR) is 95.6 cm³/mol. The Morgan fingerprint density at radius 3 is 2.92 bits per heavy atom. The van der Waals surface area contributed by atoms with Crippen molar-refractivity contribution in [1.29, 1.82) is 0 Å². The van der Waals surface area contributed by atoms with Gasteiger partial charge in [-0.25, -0.2) is 15.6 Å². The summed E-state index contributed by atoms with van der Waals surface area (Å²) in [5.74, 6) is -0.177. The largest absolute Gasteiger partial charge is 0.422 e. The Balaban J connectivity index is 1.56. The van der Waals surface area contributed by atoms with Crippen molar-refractivity contribution >= 4 is 29.4 Å². The Labute approximate surface area is 149 Å². The zero-order valence-electron chi connectivity index (χ0n) is 13.6. The van der Waals surface area contributed by atoms with Gasteiger partial charge in [0.2, 0.25) is 0 Å². The summed E-state index contributed by atoms with van der Waals surface area (Å²) in [6.45, 7) is 1.99. The summed E-state index contributed by atoms with van der Waals surface area (Å²) in [7, 11) is 0. The van der Waals surface area contributed by atoms with E-state index in [-0.39, 0.29) is 18.0 Å². The molecule has 2 aromatic rings. The minimum atomic E-state index is -0.397. The molecule has 1 fully saturated rings. The van der Waals surface area contributed by atoms with Gasteiger partial charge in [-0.05, 0) is 42.5 Å². The second kappa shape index (κ2) is 8.02. The summed E-state index contributed by atoms with van der Waals surface area (Å²) in [5.41, 5.74) is 9.10. The maximum Gasteiger partial charge on any atom is 0.353 e. The fourth-order valence-electron chi connectivity index (χ4n) is 2.35. The van der Waals surface area contributed by atoms with Crippen LogP contribution in [0.15, 0.2) is 46.9 Å². The van der Waals surface area contributed by atoms with Gasteiger partial charge >= 0.3 is 5.97 Å². The van der Waals surface area contributed by atoms with Crippen molar-refractivity contribution in [3.05, 3.63) is 52.2 Å². The lowest BCUT2D eigenvalue weighted by molar-refractivity contribution is -0.122. The number of esters is 1. The third-order valence-corrected chi connectivity index (χ3v) is 4.44. The first kappa shape index (κ1) is 17.3. The monoisotopic (exact) mass is 358 g/mol. The van der Waals surface area contributed by atoms with Gasteiger partial charge in [0.1, 0.15) is 16.7 Å². The van der Waals surface area contributed by atoms with Crippen molar-refractivity contribution in [3.63, 3.8) is 0 Å². The molecule has 0 radical (unpaired) electrons. The second-order valence-electron chi connectivity index (χ2n) is 5.65. The van der Waals surface area contributed by atoms with Gasteiger partial charge in [-0.3, -0.25) is 10.2 Å². The standard InChI is InChI=1S/C17H18N4O3S/c1-11-8-14(20-19-11)16(22)21-18-10-12-4-2-5-13(9-12)24-17(23)15-6-3-7-25-15/h2-7,9-11,14,19-20H,8H2,1H3,(H,21,22)/b18-10+. The second-order valence-corrected chi connectivity index (χ2v) is 6.60. The lowest BCUT2D eigenvalue weighted by atomic mass is 10.1. The maximum absolute atomic E-state index is 11.9. The van der Waals surface area contributed by atoms with E-state index >= 15 is 0 Å². The van der Waals surface area contributed by atoms with Crippen molar-refractivity contribution in [2.75, 3.05) is 0 Å². The quantitative estimate of drug-likeness (QED) is 0.327. The minimum Gasteiger partial charge on any atom is -0.422 e. The van der Waals surface area contributed by atoms with Gasteiger partial charge in [-0.15, -0.1) is 11.3 Å². The van der Waals surface area contributed by atoms with E-state index in [2.05, 4.69) is 21.4 Å². The molecule has 1 amide bonds. The van der Waals surface area contributed by atoms with E-state index in [1.54, 1.807) is 36.4 Å². The first-order chi connectivity index (χ1) is 12.1. The van der Waals surface area contributed by atoms with Crippen molar-refractivity contribution in [2.45, 2.75) is 25.4 Å². The Hall–Kier alpha value is -2.55. The van der Waals surface area contributed by atoms with E-state index in [1.165, 1.54) is 17.6 Å². The summed E-state index contributed by atoms with van der Waals surface area (Å²) in [6, 6.07) is 10.4. The van der Waals surface area contributed by atoms with Crippen LogP contribution in [-0.2, 0) is 4.79 Å². The molecule has 3 N–H and O–H groups in total. The molecule has 8 heteroatoms. The minimum absolute atomic E-state index is 0.201. The molecule has 1 saturated heterocycles. The summed E-state index contributed by atoms with van der Waals surface area (Å²) in [6.07, 6.45) is 2.21. The highest BCUT2D eigenvalue weighted by Gasteiger charge is 2.26. The highest BCUT2D eigenvalue weighted by atomic mass is 32.1. The SMILES string of the molecule is CC1CC(C(=O)N/N=C/c2cccc(OC(=O)c3cccs3)c2)NN1. The van der Waals surface area contributed by atoms with Crippen LogP contribution in [0, 0.1) is 0 Å². The van der Waals surface area contributed by atoms with E-state index in [9.17, 15) is 9.59 Å². The number of nitrogens with zero attached hydrogens (tertiary/aromatic N) is 1. The zero-order chi connectivity index (χ0) is 17.6. The number of nitrogens with one attached hydrogen (secondary N) is 3. The predicted octanol–water partition coefficient (Wildman–Crippen LogP) is 1.67. The number of benzene rings is 1. The molecule has 0 aliphatic carbocycles. The number of thiophene rings is 1. The molecule has 7 nitrogen and oxygen atoms in total. The molecule has 25 heavy (non-hydrogen) atoms. The molecular weight excluding hydrogens is 340 g/mol. The van der Waals surface area contributed by atoms with Gasteiger partial charge in [0.05, 0.1) is 6.21 Å². The Morgan fingerprint density at radius 1 is 1.32 bits per heavy atom. The number of hydrogen-bond acceptors (Lipinski definition) is 7. The van der Waals surface area contributed by atoms with E-state index < -0.39 is 5.97 Å². The van der Waals surface area contributed by atoms with Crippen LogP contribution in [0.5, 0.6) is 5.75 Å². The summed E-state index contributed by atoms with van der Waals surface area (Å²) in [4.78, 5) is 24.4. The Bertz CT molecular complexity index is 776. The van der Waals surface area contributed by atoms with E-state index in [0.29, 0.717) is 22.6 Å². The average Bonchev–Trinajstić information content (AvgIpc) is 3.26. The number of hydrogen-bond donors (Lipinski definition) is 3. The molecule has 0 spiro atoms. The van der Waals surface area contributed by atoms with Crippen LogP contribution in [-0.4, -0.2) is 30.2 Å². The topological polar surface area (TPSA) is 91.8 Å². The molecule has 1 aliphatic rings. The fourth-order valence-corrected chi connectivity index (χ4v) is 2.94. The Kier molecular flexibility index (Phi) is 5.54. The van der Waals surface area contributed by atoms with Crippen molar-refractivity contribution < 1.29 is 14.3 Å². The van der Waals surface area contributed by atoms with Gasteiger partial charge in [-0.2, -0.15) is 5.10 Å². The highest BCUT2D eigenvalue weighted by molar-refractivity contribution is 7.12. The lowest BCUT2D eigenvalue weighted by Gasteiger charge is -2.06. The van der Waals surface area contributed by atoms with E-state index in [4.69, 9.17) is 4.74 Å².